The van der Waals surface area contributed by atoms with Crippen molar-refractivity contribution in [1.82, 2.24) is 15.2 Å². The van der Waals surface area contributed by atoms with Gasteiger partial charge in [0.05, 0.1) is 5.69 Å². The van der Waals surface area contributed by atoms with Crippen LogP contribution in [0.1, 0.15) is 5.69 Å². The molecule has 1 rings (SSSR count). The first-order chi connectivity index (χ1) is 5.74. The van der Waals surface area contributed by atoms with E-state index in [1.54, 1.807) is 30.1 Å². The number of hydrogen-bond donors (Lipinski definition) is 2. The molecule has 0 atom stereocenters. The van der Waals surface area contributed by atoms with Crippen LogP contribution in [0.5, 0.6) is 0 Å². The first-order valence-electron chi connectivity index (χ1n) is 3.40. The molecule has 0 saturated carbocycles. The van der Waals surface area contributed by atoms with Gasteiger partial charge in [0.1, 0.15) is 0 Å². The standard InChI is InChI=1S/C7H10N4O/c1-11-6(4-5-9-11)2-3-7(12)10-8/h2-5H,8H2,1H3,(H,10,12)/b3-2+. The minimum atomic E-state index is -0.337. The van der Waals surface area contributed by atoms with Crippen molar-refractivity contribution in [3.63, 3.8) is 0 Å². The van der Waals surface area contributed by atoms with Crippen molar-refractivity contribution >= 4 is 12.0 Å². The van der Waals surface area contributed by atoms with Gasteiger partial charge in [-0.1, -0.05) is 0 Å². The molecule has 5 heteroatoms. The van der Waals surface area contributed by atoms with Crippen LogP contribution >= 0.6 is 0 Å². The van der Waals surface area contributed by atoms with Crippen LogP contribution in [0.25, 0.3) is 6.08 Å². The van der Waals surface area contributed by atoms with E-state index in [4.69, 9.17) is 5.84 Å². The van der Waals surface area contributed by atoms with E-state index in [2.05, 4.69) is 5.10 Å². The molecule has 1 heterocycles. The number of amides is 1. The molecule has 1 amide bonds. The second-order valence-electron chi connectivity index (χ2n) is 2.22. The van der Waals surface area contributed by atoms with E-state index in [-0.39, 0.29) is 5.91 Å². The molecule has 0 spiro atoms. The Kier molecular flexibility index (Phi) is 2.60. The van der Waals surface area contributed by atoms with Crippen molar-refractivity contribution in [1.29, 1.82) is 0 Å². The van der Waals surface area contributed by atoms with Crippen LogP contribution in [-0.2, 0) is 11.8 Å². The maximum Gasteiger partial charge on any atom is 0.257 e. The van der Waals surface area contributed by atoms with Gasteiger partial charge in [-0.3, -0.25) is 14.9 Å². The molecule has 0 saturated heterocycles. The van der Waals surface area contributed by atoms with E-state index in [1.807, 2.05) is 5.43 Å². The number of carbonyl (C=O) groups excluding carboxylic acids is 1. The van der Waals surface area contributed by atoms with Gasteiger partial charge in [0.15, 0.2) is 0 Å². The van der Waals surface area contributed by atoms with Crippen molar-refractivity contribution in [2.75, 3.05) is 0 Å². The molecule has 0 radical (unpaired) electrons. The Morgan fingerprint density at radius 2 is 2.58 bits per heavy atom. The Morgan fingerprint density at radius 3 is 3.08 bits per heavy atom. The largest absolute Gasteiger partial charge is 0.291 e. The fourth-order valence-electron chi connectivity index (χ4n) is 0.757. The normalized spacial score (nSPS) is 10.5. The third kappa shape index (κ3) is 1.93. The lowest BCUT2D eigenvalue weighted by Gasteiger charge is -1.93. The molecule has 12 heavy (non-hydrogen) atoms. The molecule has 1 aromatic rings. The van der Waals surface area contributed by atoms with Gasteiger partial charge in [-0.15, -0.1) is 0 Å². The van der Waals surface area contributed by atoms with Crippen LogP contribution in [-0.4, -0.2) is 15.7 Å². The lowest BCUT2D eigenvalue weighted by atomic mass is 10.3. The highest BCUT2D eigenvalue weighted by Gasteiger charge is 1.93. The van der Waals surface area contributed by atoms with Crippen LogP contribution in [0.2, 0.25) is 0 Å². The van der Waals surface area contributed by atoms with Gasteiger partial charge < -0.3 is 0 Å². The number of hydrazine groups is 1. The second-order valence-corrected chi connectivity index (χ2v) is 2.22. The Morgan fingerprint density at radius 1 is 1.83 bits per heavy atom. The first kappa shape index (κ1) is 8.48. The molecule has 0 aliphatic heterocycles. The molecule has 0 unspecified atom stereocenters. The molecule has 0 fully saturated rings. The highest BCUT2D eigenvalue weighted by atomic mass is 16.2. The van der Waals surface area contributed by atoms with Crippen LogP contribution in [0.15, 0.2) is 18.3 Å². The summed E-state index contributed by atoms with van der Waals surface area (Å²) in [5.74, 6) is 4.54. The minimum absolute atomic E-state index is 0.337. The minimum Gasteiger partial charge on any atom is -0.291 e. The number of nitrogens with one attached hydrogen (secondary N) is 1. The summed E-state index contributed by atoms with van der Waals surface area (Å²) in [4.78, 5) is 10.7. The lowest BCUT2D eigenvalue weighted by Crippen LogP contribution is -2.27. The number of rotatable bonds is 2. The van der Waals surface area contributed by atoms with Crippen LogP contribution in [0.4, 0.5) is 0 Å². The maximum absolute atomic E-state index is 10.7. The summed E-state index contributed by atoms with van der Waals surface area (Å²) in [6, 6.07) is 1.79. The van der Waals surface area contributed by atoms with Gasteiger partial charge in [-0.05, 0) is 12.1 Å². The zero-order chi connectivity index (χ0) is 8.97. The summed E-state index contributed by atoms with van der Waals surface area (Å²) < 4.78 is 1.65. The van der Waals surface area contributed by atoms with E-state index in [0.29, 0.717) is 0 Å². The highest BCUT2D eigenvalue weighted by molar-refractivity contribution is 5.90. The Labute approximate surface area is 69.8 Å². The monoisotopic (exact) mass is 166 g/mol. The number of aromatic nitrogens is 2. The number of hydrogen-bond acceptors (Lipinski definition) is 3. The molecule has 3 N–H and O–H groups in total. The van der Waals surface area contributed by atoms with Gasteiger partial charge in [-0.25, -0.2) is 5.84 Å². The zero-order valence-corrected chi connectivity index (χ0v) is 6.69. The summed E-state index contributed by atoms with van der Waals surface area (Å²) in [5.41, 5.74) is 2.84. The van der Waals surface area contributed by atoms with E-state index < -0.39 is 0 Å². The Bertz CT molecular complexity index is 302. The van der Waals surface area contributed by atoms with Gasteiger partial charge in [0, 0.05) is 19.3 Å². The molecule has 0 aliphatic rings. The van der Waals surface area contributed by atoms with E-state index in [9.17, 15) is 4.79 Å². The van der Waals surface area contributed by atoms with E-state index in [0.717, 1.165) is 5.69 Å². The third-order valence-corrected chi connectivity index (χ3v) is 1.41. The molecule has 0 aromatic carbocycles. The van der Waals surface area contributed by atoms with Crippen molar-refractivity contribution in [3.8, 4) is 0 Å². The fraction of sp³-hybridized carbons (Fsp3) is 0.143. The summed E-state index contributed by atoms with van der Waals surface area (Å²) in [5, 5.41) is 3.92. The van der Waals surface area contributed by atoms with E-state index in [1.165, 1.54) is 6.08 Å². The highest BCUT2D eigenvalue weighted by Crippen LogP contribution is 1.97. The summed E-state index contributed by atoms with van der Waals surface area (Å²) >= 11 is 0. The number of nitrogens with zero attached hydrogens (tertiary/aromatic N) is 2. The van der Waals surface area contributed by atoms with Crippen LogP contribution in [0, 0.1) is 0 Å². The van der Waals surface area contributed by atoms with Gasteiger partial charge in [0.2, 0.25) is 0 Å². The van der Waals surface area contributed by atoms with Crippen molar-refractivity contribution in [2.45, 2.75) is 0 Å². The molecule has 64 valence electrons. The van der Waals surface area contributed by atoms with Gasteiger partial charge in [-0.2, -0.15) is 5.10 Å². The maximum atomic E-state index is 10.7. The number of nitrogens with two attached hydrogens (primary N) is 1. The van der Waals surface area contributed by atoms with Crippen LogP contribution in [0.3, 0.4) is 0 Å². The Hall–Kier alpha value is -1.62. The third-order valence-electron chi connectivity index (χ3n) is 1.41. The van der Waals surface area contributed by atoms with Crippen LogP contribution < -0.4 is 11.3 Å². The van der Waals surface area contributed by atoms with Gasteiger partial charge >= 0.3 is 0 Å². The first-order valence-corrected chi connectivity index (χ1v) is 3.40. The predicted octanol–water partition coefficient (Wildman–Crippen LogP) is -0.577. The molecular formula is C7H10N4O. The fourth-order valence-corrected chi connectivity index (χ4v) is 0.757. The van der Waals surface area contributed by atoms with E-state index >= 15 is 0 Å². The molecule has 1 aromatic heterocycles. The second kappa shape index (κ2) is 3.68. The predicted molar refractivity (Wildman–Crippen MR) is 44.6 cm³/mol. The summed E-state index contributed by atoms with van der Waals surface area (Å²) in [7, 11) is 1.79. The van der Waals surface area contributed by atoms with Crippen molar-refractivity contribution in [3.05, 3.63) is 24.0 Å². The topological polar surface area (TPSA) is 72.9 Å². The SMILES string of the molecule is Cn1nccc1/C=C/C(=O)NN. The number of carbonyl (C=O) groups is 1. The quantitative estimate of drug-likeness (QED) is 0.267. The van der Waals surface area contributed by atoms with Gasteiger partial charge in [0.25, 0.3) is 5.91 Å². The number of aryl methyl sites for hydroxylation is 1. The Balaban J connectivity index is 2.69. The molecule has 0 aliphatic carbocycles. The molecule has 5 nitrogen and oxygen atoms in total. The molecular weight excluding hydrogens is 156 g/mol. The average Bonchev–Trinajstić information content (AvgIpc) is 2.47. The van der Waals surface area contributed by atoms with Crippen molar-refractivity contribution < 1.29 is 4.79 Å². The van der Waals surface area contributed by atoms with Crippen molar-refractivity contribution in [2.24, 2.45) is 12.9 Å². The smallest absolute Gasteiger partial charge is 0.257 e. The average molecular weight is 166 g/mol. The summed E-state index contributed by atoms with van der Waals surface area (Å²) in [6.07, 6.45) is 4.63. The summed E-state index contributed by atoms with van der Waals surface area (Å²) in [6.45, 7) is 0. The molecule has 0 bridgehead atoms. The lowest BCUT2D eigenvalue weighted by molar-refractivity contribution is -0.116. The zero-order valence-electron chi connectivity index (χ0n) is 6.69.